The van der Waals surface area contributed by atoms with Crippen molar-refractivity contribution < 1.29 is 9.21 Å². The molecule has 20 heavy (non-hydrogen) atoms. The van der Waals surface area contributed by atoms with E-state index in [2.05, 4.69) is 15.3 Å². The molecule has 0 saturated heterocycles. The van der Waals surface area contributed by atoms with E-state index in [1.54, 1.807) is 35.3 Å². The minimum Gasteiger partial charge on any atom is -0.469 e. The number of imidazole rings is 1. The van der Waals surface area contributed by atoms with Gasteiger partial charge in [-0.15, -0.1) is 0 Å². The molecule has 102 valence electrons. The number of hydrogen-bond acceptors (Lipinski definition) is 4. The van der Waals surface area contributed by atoms with Gasteiger partial charge in [0.25, 0.3) is 5.91 Å². The fraction of sp³-hybridized carbons (Fsp3) is 0.214. The van der Waals surface area contributed by atoms with Crippen molar-refractivity contribution in [2.75, 3.05) is 0 Å². The molecule has 1 amide bonds. The maximum atomic E-state index is 12.1. The van der Waals surface area contributed by atoms with Crippen LogP contribution in [0, 0.1) is 0 Å². The van der Waals surface area contributed by atoms with E-state index in [0.717, 1.165) is 5.76 Å². The number of aromatic nitrogens is 3. The minimum atomic E-state index is -0.213. The van der Waals surface area contributed by atoms with Crippen LogP contribution in [0.25, 0.3) is 5.78 Å². The number of nitrogens with one attached hydrogen (secondary N) is 1. The molecule has 0 aliphatic carbocycles. The van der Waals surface area contributed by atoms with Gasteiger partial charge in [-0.25, -0.2) is 9.97 Å². The molecular formula is C14H14N4O2. The normalized spacial score (nSPS) is 12.4. The summed E-state index contributed by atoms with van der Waals surface area (Å²) in [5.74, 6) is 1.14. The lowest BCUT2D eigenvalue weighted by atomic mass is 10.2. The van der Waals surface area contributed by atoms with Gasteiger partial charge >= 0.3 is 0 Å². The van der Waals surface area contributed by atoms with Crippen molar-refractivity contribution in [2.45, 2.75) is 19.4 Å². The van der Waals surface area contributed by atoms with E-state index in [1.165, 1.54) is 0 Å². The Morgan fingerprint density at radius 1 is 1.50 bits per heavy atom. The Balaban J connectivity index is 1.69. The third kappa shape index (κ3) is 2.54. The number of furan rings is 1. The Labute approximate surface area is 115 Å². The zero-order chi connectivity index (χ0) is 13.9. The summed E-state index contributed by atoms with van der Waals surface area (Å²) in [4.78, 5) is 20.4. The van der Waals surface area contributed by atoms with Crippen LogP contribution in [0.3, 0.4) is 0 Å². The second-order valence-corrected chi connectivity index (χ2v) is 4.61. The number of amides is 1. The van der Waals surface area contributed by atoms with Crippen molar-refractivity contribution in [2.24, 2.45) is 0 Å². The summed E-state index contributed by atoms with van der Waals surface area (Å²) >= 11 is 0. The van der Waals surface area contributed by atoms with Crippen molar-refractivity contribution >= 4 is 11.7 Å². The molecule has 0 aliphatic heterocycles. The molecule has 6 nitrogen and oxygen atoms in total. The number of rotatable bonds is 4. The van der Waals surface area contributed by atoms with E-state index in [4.69, 9.17) is 4.42 Å². The topological polar surface area (TPSA) is 72.4 Å². The molecule has 6 heteroatoms. The summed E-state index contributed by atoms with van der Waals surface area (Å²) in [6, 6.07) is 5.47. The third-order valence-corrected chi connectivity index (χ3v) is 2.93. The number of hydrogen-bond donors (Lipinski definition) is 1. The number of fused-ring (bicyclic) bond motifs is 1. The first-order valence-electron chi connectivity index (χ1n) is 6.35. The minimum absolute atomic E-state index is 0.0357. The van der Waals surface area contributed by atoms with Gasteiger partial charge in [0.15, 0.2) is 0 Å². The molecule has 0 radical (unpaired) electrons. The van der Waals surface area contributed by atoms with E-state index < -0.39 is 0 Å². The molecule has 3 rings (SSSR count). The molecule has 0 aromatic carbocycles. The molecule has 0 aliphatic rings. The quantitative estimate of drug-likeness (QED) is 0.783. The largest absolute Gasteiger partial charge is 0.469 e. The molecule has 0 bridgehead atoms. The van der Waals surface area contributed by atoms with Crippen LogP contribution in [-0.2, 0) is 6.42 Å². The first-order chi connectivity index (χ1) is 9.72. The Bertz CT molecular complexity index is 685. The standard InChI is InChI=1S/C14H14N4O2/c1-10(8-11-4-2-7-20-11)16-13(19)12-9-18-6-3-5-15-14(18)17-12/h2-7,9-10H,8H2,1H3,(H,16,19). The highest BCUT2D eigenvalue weighted by atomic mass is 16.3. The van der Waals surface area contributed by atoms with E-state index in [9.17, 15) is 4.79 Å². The van der Waals surface area contributed by atoms with Gasteiger partial charge in [0.05, 0.1) is 6.26 Å². The average Bonchev–Trinajstić information content (AvgIpc) is 3.06. The third-order valence-electron chi connectivity index (χ3n) is 2.93. The van der Waals surface area contributed by atoms with Crippen LogP contribution in [0.5, 0.6) is 0 Å². The lowest BCUT2D eigenvalue weighted by Crippen LogP contribution is -2.34. The van der Waals surface area contributed by atoms with Crippen LogP contribution >= 0.6 is 0 Å². The van der Waals surface area contributed by atoms with Gasteiger partial charge in [-0.05, 0) is 25.1 Å². The molecule has 0 fully saturated rings. The molecule has 1 N–H and O–H groups in total. The maximum Gasteiger partial charge on any atom is 0.271 e. The highest BCUT2D eigenvalue weighted by Gasteiger charge is 2.14. The first kappa shape index (κ1) is 12.4. The summed E-state index contributed by atoms with van der Waals surface area (Å²) in [7, 11) is 0. The molecule has 1 unspecified atom stereocenters. The SMILES string of the molecule is CC(Cc1ccco1)NC(=O)c1cn2cccnc2n1. The molecule has 1 atom stereocenters. The lowest BCUT2D eigenvalue weighted by Gasteiger charge is -2.10. The van der Waals surface area contributed by atoms with Crippen molar-refractivity contribution in [1.82, 2.24) is 19.7 Å². The van der Waals surface area contributed by atoms with E-state index in [-0.39, 0.29) is 11.9 Å². The molecule has 0 spiro atoms. The van der Waals surface area contributed by atoms with E-state index in [1.807, 2.05) is 19.1 Å². The smallest absolute Gasteiger partial charge is 0.271 e. The van der Waals surface area contributed by atoms with Crippen LogP contribution in [0.15, 0.2) is 47.5 Å². The van der Waals surface area contributed by atoms with Crippen LogP contribution < -0.4 is 5.32 Å². The second-order valence-electron chi connectivity index (χ2n) is 4.61. The van der Waals surface area contributed by atoms with Crippen molar-refractivity contribution in [3.05, 3.63) is 54.5 Å². The highest BCUT2D eigenvalue weighted by molar-refractivity contribution is 5.92. The summed E-state index contributed by atoms with van der Waals surface area (Å²) in [5.41, 5.74) is 0.356. The van der Waals surface area contributed by atoms with E-state index in [0.29, 0.717) is 17.9 Å². The highest BCUT2D eigenvalue weighted by Crippen LogP contribution is 2.06. The average molecular weight is 270 g/mol. The van der Waals surface area contributed by atoms with Gasteiger partial charge < -0.3 is 9.73 Å². The molecular weight excluding hydrogens is 256 g/mol. The predicted molar refractivity (Wildman–Crippen MR) is 72.3 cm³/mol. The van der Waals surface area contributed by atoms with Crippen molar-refractivity contribution in [1.29, 1.82) is 0 Å². The maximum absolute atomic E-state index is 12.1. The van der Waals surface area contributed by atoms with Crippen LogP contribution in [-0.4, -0.2) is 26.3 Å². The summed E-state index contributed by atoms with van der Waals surface area (Å²) in [5, 5.41) is 2.89. The summed E-state index contributed by atoms with van der Waals surface area (Å²) < 4.78 is 6.97. The Morgan fingerprint density at radius 2 is 2.40 bits per heavy atom. The zero-order valence-corrected chi connectivity index (χ0v) is 11.0. The van der Waals surface area contributed by atoms with Gasteiger partial charge in [0, 0.05) is 31.1 Å². The van der Waals surface area contributed by atoms with Crippen molar-refractivity contribution in [3.8, 4) is 0 Å². The molecule has 3 heterocycles. The molecule has 0 saturated carbocycles. The second kappa shape index (κ2) is 5.16. The van der Waals surface area contributed by atoms with Gasteiger partial charge in [0.2, 0.25) is 5.78 Å². The van der Waals surface area contributed by atoms with Crippen molar-refractivity contribution in [3.63, 3.8) is 0 Å². The predicted octanol–water partition coefficient (Wildman–Crippen LogP) is 1.68. The Hall–Kier alpha value is -2.63. The van der Waals surface area contributed by atoms with Gasteiger partial charge in [0.1, 0.15) is 11.5 Å². The molecule has 3 aromatic rings. The van der Waals surface area contributed by atoms with Gasteiger partial charge in [-0.1, -0.05) is 0 Å². The monoisotopic (exact) mass is 270 g/mol. The fourth-order valence-corrected chi connectivity index (χ4v) is 2.02. The number of carbonyl (C=O) groups is 1. The Morgan fingerprint density at radius 3 is 3.15 bits per heavy atom. The summed E-state index contributed by atoms with van der Waals surface area (Å²) in [6.45, 7) is 1.93. The van der Waals surface area contributed by atoms with Crippen LogP contribution in [0.1, 0.15) is 23.2 Å². The zero-order valence-electron chi connectivity index (χ0n) is 11.0. The first-order valence-corrected chi connectivity index (χ1v) is 6.35. The van der Waals surface area contributed by atoms with Crippen LogP contribution in [0.4, 0.5) is 0 Å². The Kier molecular flexibility index (Phi) is 3.20. The lowest BCUT2D eigenvalue weighted by molar-refractivity contribution is 0.0935. The molecule has 3 aromatic heterocycles. The van der Waals surface area contributed by atoms with Crippen LogP contribution in [0.2, 0.25) is 0 Å². The number of nitrogens with zero attached hydrogens (tertiary/aromatic N) is 3. The summed E-state index contributed by atoms with van der Waals surface area (Å²) in [6.07, 6.45) is 7.38. The number of carbonyl (C=O) groups excluding carboxylic acids is 1. The van der Waals surface area contributed by atoms with E-state index >= 15 is 0 Å². The fourth-order valence-electron chi connectivity index (χ4n) is 2.02. The van der Waals surface area contributed by atoms with Gasteiger partial charge in [-0.3, -0.25) is 9.20 Å². The van der Waals surface area contributed by atoms with Gasteiger partial charge in [-0.2, -0.15) is 0 Å².